The van der Waals surface area contributed by atoms with Gasteiger partial charge in [0.25, 0.3) is 0 Å². The monoisotopic (exact) mass is 228 g/mol. The highest BCUT2D eigenvalue weighted by Gasteiger charge is 2.53. The van der Waals surface area contributed by atoms with E-state index < -0.39 is 0 Å². The van der Waals surface area contributed by atoms with Crippen LogP contribution in [0.2, 0.25) is 0 Å². The molecule has 0 amide bonds. The van der Waals surface area contributed by atoms with Gasteiger partial charge in [-0.05, 0) is 19.9 Å². The lowest BCUT2D eigenvalue weighted by molar-refractivity contribution is -0.155. The number of nitrogens with zero attached hydrogens (tertiary/aromatic N) is 1. The first-order chi connectivity index (χ1) is 7.59. The summed E-state index contributed by atoms with van der Waals surface area (Å²) in [6.45, 7) is 2.35. The minimum absolute atomic E-state index is 0.226. The van der Waals surface area contributed by atoms with E-state index in [-0.39, 0.29) is 23.5 Å². The predicted molar refractivity (Wildman–Crippen MR) is 58.9 cm³/mol. The molecule has 0 aromatic rings. The first-order valence-corrected chi connectivity index (χ1v) is 5.75. The zero-order valence-corrected chi connectivity index (χ0v) is 9.94. The molecule has 1 spiro atoms. The number of methoxy groups -OCH3 is 1. The fourth-order valence-electron chi connectivity index (χ4n) is 2.81. The fraction of sp³-hybridized carbons (Fsp3) is 0.909. The summed E-state index contributed by atoms with van der Waals surface area (Å²) < 4.78 is 10.7. The molecule has 2 aliphatic heterocycles. The van der Waals surface area contributed by atoms with Gasteiger partial charge in [0.1, 0.15) is 5.92 Å². The van der Waals surface area contributed by atoms with Crippen LogP contribution in [0.4, 0.5) is 0 Å². The number of esters is 1. The number of rotatable bonds is 1. The van der Waals surface area contributed by atoms with Crippen molar-refractivity contribution in [3.63, 3.8) is 0 Å². The molecule has 0 aliphatic carbocycles. The summed E-state index contributed by atoms with van der Waals surface area (Å²) in [5, 5.41) is 0. The van der Waals surface area contributed by atoms with E-state index >= 15 is 0 Å². The lowest BCUT2D eigenvalue weighted by Gasteiger charge is -2.40. The van der Waals surface area contributed by atoms with Crippen LogP contribution in [0.25, 0.3) is 0 Å². The molecule has 0 radical (unpaired) electrons. The second kappa shape index (κ2) is 4.31. The maximum atomic E-state index is 11.8. The molecule has 2 fully saturated rings. The number of carbonyl (C=O) groups is 1. The Labute approximate surface area is 95.9 Å². The second-order valence-electron chi connectivity index (χ2n) is 4.84. The third-order valence-corrected chi connectivity index (χ3v) is 3.85. The summed E-state index contributed by atoms with van der Waals surface area (Å²) in [6, 6.07) is -0.226. The minimum atomic E-state index is -0.376. The normalized spacial score (nSPS) is 34.2. The SMILES string of the molecule is COC(=O)C1C(N)COC12CCN(C)CC2. The average Bonchev–Trinajstić information content (AvgIpc) is 2.60. The van der Waals surface area contributed by atoms with Gasteiger partial charge in [-0.3, -0.25) is 4.79 Å². The zero-order chi connectivity index (χ0) is 11.8. The van der Waals surface area contributed by atoms with Gasteiger partial charge in [-0.25, -0.2) is 0 Å². The van der Waals surface area contributed by atoms with Crippen molar-refractivity contribution in [3.8, 4) is 0 Å². The highest BCUT2D eigenvalue weighted by Crippen LogP contribution is 2.40. The molecular formula is C11H20N2O3. The molecule has 0 bridgehead atoms. The number of nitrogens with two attached hydrogens (primary N) is 1. The molecule has 2 N–H and O–H groups in total. The summed E-state index contributed by atoms with van der Waals surface area (Å²) in [7, 11) is 3.49. The Morgan fingerprint density at radius 2 is 2.12 bits per heavy atom. The Kier molecular flexibility index (Phi) is 3.19. The Morgan fingerprint density at radius 3 is 2.69 bits per heavy atom. The summed E-state index contributed by atoms with van der Waals surface area (Å²) in [5.74, 6) is -0.527. The van der Waals surface area contributed by atoms with Crippen molar-refractivity contribution < 1.29 is 14.3 Å². The lowest BCUT2D eigenvalue weighted by Crippen LogP contribution is -2.52. The number of ether oxygens (including phenoxy) is 2. The molecule has 0 aromatic heterocycles. The van der Waals surface area contributed by atoms with Crippen molar-refractivity contribution in [2.75, 3.05) is 33.9 Å². The maximum absolute atomic E-state index is 11.8. The third-order valence-electron chi connectivity index (χ3n) is 3.85. The predicted octanol–water partition coefficient (Wildman–Crippen LogP) is -0.402. The standard InChI is InChI=1S/C11H20N2O3/c1-13-5-3-11(4-6-13)9(10(14)15-2)8(12)7-16-11/h8-9H,3-7,12H2,1-2H3. The van der Waals surface area contributed by atoms with Crippen LogP contribution < -0.4 is 5.73 Å². The molecule has 5 nitrogen and oxygen atoms in total. The van der Waals surface area contributed by atoms with E-state index in [4.69, 9.17) is 15.2 Å². The van der Waals surface area contributed by atoms with Crippen LogP contribution in [0.5, 0.6) is 0 Å². The van der Waals surface area contributed by atoms with Gasteiger partial charge in [0, 0.05) is 19.1 Å². The molecule has 0 saturated carbocycles. The summed E-state index contributed by atoms with van der Waals surface area (Å²) in [6.07, 6.45) is 1.72. The van der Waals surface area contributed by atoms with Gasteiger partial charge in [0.15, 0.2) is 0 Å². The molecule has 2 atom stereocenters. The largest absolute Gasteiger partial charge is 0.469 e. The van der Waals surface area contributed by atoms with Gasteiger partial charge in [-0.1, -0.05) is 0 Å². The Hall–Kier alpha value is -0.650. The number of likely N-dealkylation sites (tertiary alicyclic amines) is 1. The van der Waals surface area contributed by atoms with E-state index in [1.54, 1.807) is 0 Å². The van der Waals surface area contributed by atoms with E-state index in [1.165, 1.54) is 7.11 Å². The Morgan fingerprint density at radius 1 is 1.50 bits per heavy atom. The molecule has 2 unspecified atom stereocenters. The quantitative estimate of drug-likeness (QED) is 0.619. The van der Waals surface area contributed by atoms with Crippen LogP contribution in [0.1, 0.15) is 12.8 Å². The number of carbonyl (C=O) groups excluding carboxylic acids is 1. The van der Waals surface area contributed by atoms with Crippen LogP contribution >= 0.6 is 0 Å². The van der Waals surface area contributed by atoms with E-state index in [0.29, 0.717) is 6.61 Å². The van der Waals surface area contributed by atoms with Crippen LogP contribution in [0.15, 0.2) is 0 Å². The van der Waals surface area contributed by atoms with Crippen LogP contribution in [-0.2, 0) is 14.3 Å². The molecule has 92 valence electrons. The van der Waals surface area contributed by atoms with Crippen LogP contribution in [0.3, 0.4) is 0 Å². The second-order valence-corrected chi connectivity index (χ2v) is 4.84. The first kappa shape index (κ1) is 11.8. The van der Waals surface area contributed by atoms with Crippen molar-refractivity contribution in [2.24, 2.45) is 11.7 Å². The van der Waals surface area contributed by atoms with Gasteiger partial charge < -0.3 is 20.1 Å². The third kappa shape index (κ3) is 1.83. The summed E-state index contributed by atoms with van der Waals surface area (Å²) >= 11 is 0. The van der Waals surface area contributed by atoms with Gasteiger partial charge >= 0.3 is 5.97 Å². The van der Waals surface area contributed by atoms with Crippen molar-refractivity contribution in [2.45, 2.75) is 24.5 Å². The first-order valence-electron chi connectivity index (χ1n) is 5.75. The number of piperidine rings is 1. The molecule has 2 rings (SSSR count). The molecule has 0 aromatic carbocycles. The number of hydrogen-bond donors (Lipinski definition) is 1. The smallest absolute Gasteiger partial charge is 0.313 e. The average molecular weight is 228 g/mol. The van der Waals surface area contributed by atoms with Crippen molar-refractivity contribution in [1.29, 1.82) is 0 Å². The van der Waals surface area contributed by atoms with Gasteiger partial charge in [0.2, 0.25) is 0 Å². The summed E-state index contributed by atoms with van der Waals surface area (Å²) in [4.78, 5) is 14.0. The molecule has 2 saturated heterocycles. The molecular weight excluding hydrogens is 208 g/mol. The molecule has 5 heteroatoms. The van der Waals surface area contributed by atoms with Crippen LogP contribution in [-0.4, -0.2) is 56.4 Å². The van der Waals surface area contributed by atoms with Gasteiger partial charge in [0.05, 0.1) is 19.3 Å². The van der Waals surface area contributed by atoms with Gasteiger partial charge in [-0.15, -0.1) is 0 Å². The Bertz CT molecular complexity index is 274. The number of hydrogen-bond acceptors (Lipinski definition) is 5. The van der Waals surface area contributed by atoms with Crippen LogP contribution in [0, 0.1) is 5.92 Å². The van der Waals surface area contributed by atoms with Crippen molar-refractivity contribution >= 4 is 5.97 Å². The topological polar surface area (TPSA) is 64.8 Å². The van der Waals surface area contributed by atoms with E-state index in [1.807, 2.05) is 0 Å². The Balaban J connectivity index is 2.16. The molecule has 16 heavy (non-hydrogen) atoms. The highest BCUT2D eigenvalue weighted by molar-refractivity contribution is 5.75. The summed E-state index contributed by atoms with van der Waals surface area (Å²) in [5.41, 5.74) is 5.58. The lowest BCUT2D eigenvalue weighted by atomic mass is 9.78. The van der Waals surface area contributed by atoms with Gasteiger partial charge in [-0.2, -0.15) is 0 Å². The zero-order valence-electron chi connectivity index (χ0n) is 9.94. The molecule has 2 heterocycles. The van der Waals surface area contributed by atoms with E-state index in [0.717, 1.165) is 25.9 Å². The van der Waals surface area contributed by atoms with E-state index in [9.17, 15) is 4.79 Å². The molecule has 2 aliphatic rings. The van der Waals surface area contributed by atoms with Crippen molar-refractivity contribution in [3.05, 3.63) is 0 Å². The minimum Gasteiger partial charge on any atom is -0.469 e. The maximum Gasteiger partial charge on any atom is 0.313 e. The fourth-order valence-corrected chi connectivity index (χ4v) is 2.81. The van der Waals surface area contributed by atoms with E-state index in [2.05, 4.69) is 11.9 Å². The van der Waals surface area contributed by atoms with Crippen molar-refractivity contribution in [1.82, 2.24) is 4.90 Å². The highest BCUT2D eigenvalue weighted by atomic mass is 16.5.